The molecular formula is C16H8N2S. The van der Waals surface area contributed by atoms with Crippen molar-refractivity contribution in [1.82, 2.24) is 4.98 Å². The molecule has 0 spiro atoms. The van der Waals surface area contributed by atoms with Crippen LogP contribution in [0.3, 0.4) is 0 Å². The third kappa shape index (κ3) is 1.38. The van der Waals surface area contributed by atoms with Gasteiger partial charge in [-0.2, -0.15) is 5.26 Å². The summed E-state index contributed by atoms with van der Waals surface area (Å²) in [4.78, 5) is 4.14. The minimum Gasteiger partial charge on any atom is -0.264 e. The lowest BCUT2D eigenvalue weighted by Gasteiger charge is -2.01. The van der Waals surface area contributed by atoms with Crippen molar-refractivity contribution >= 4 is 42.3 Å². The number of nitriles is 1. The van der Waals surface area contributed by atoms with E-state index in [4.69, 9.17) is 0 Å². The molecule has 0 aliphatic heterocycles. The zero-order valence-corrected chi connectivity index (χ0v) is 10.7. The normalized spacial score (nSPS) is 11.1. The molecule has 4 rings (SSSR count). The van der Waals surface area contributed by atoms with E-state index in [1.165, 1.54) is 14.8 Å². The maximum Gasteiger partial charge on any atom is 0.0998 e. The Kier molecular flexibility index (Phi) is 2.08. The number of thiophene rings is 1. The predicted molar refractivity (Wildman–Crippen MR) is 79.3 cm³/mol. The molecule has 0 fully saturated rings. The van der Waals surface area contributed by atoms with Crippen LogP contribution in [-0.2, 0) is 0 Å². The predicted octanol–water partition coefficient (Wildman–Crippen LogP) is 4.47. The number of benzene rings is 2. The number of hydrogen-bond acceptors (Lipinski definition) is 3. The molecule has 19 heavy (non-hydrogen) atoms. The van der Waals surface area contributed by atoms with Crippen molar-refractivity contribution < 1.29 is 0 Å². The van der Waals surface area contributed by atoms with Crippen molar-refractivity contribution in [2.24, 2.45) is 0 Å². The monoisotopic (exact) mass is 260 g/mol. The van der Waals surface area contributed by atoms with Gasteiger partial charge in [-0.25, -0.2) is 0 Å². The van der Waals surface area contributed by atoms with Gasteiger partial charge in [0.1, 0.15) is 0 Å². The summed E-state index contributed by atoms with van der Waals surface area (Å²) in [5, 5.41) is 13.8. The summed E-state index contributed by atoms with van der Waals surface area (Å²) in [6.07, 6.45) is 3.62. The van der Waals surface area contributed by atoms with Crippen molar-refractivity contribution in [2.75, 3.05) is 0 Å². The Labute approximate surface area is 113 Å². The molecule has 0 unspecified atom stereocenters. The van der Waals surface area contributed by atoms with Crippen LogP contribution in [0.1, 0.15) is 5.56 Å². The van der Waals surface area contributed by atoms with Crippen LogP contribution in [-0.4, -0.2) is 4.98 Å². The molecule has 4 aromatic rings. The molecule has 0 radical (unpaired) electrons. The first kappa shape index (κ1) is 10.5. The first-order chi connectivity index (χ1) is 9.38. The lowest BCUT2D eigenvalue weighted by molar-refractivity contribution is 1.37. The third-order valence-corrected chi connectivity index (χ3v) is 4.59. The molecule has 0 atom stereocenters. The Morgan fingerprint density at radius 3 is 2.89 bits per heavy atom. The molecule has 0 aliphatic rings. The first-order valence-electron chi connectivity index (χ1n) is 5.96. The number of nitrogens with zero attached hydrogens (tertiary/aromatic N) is 2. The van der Waals surface area contributed by atoms with Gasteiger partial charge in [-0.1, -0.05) is 18.2 Å². The molecular weight excluding hydrogens is 252 g/mol. The van der Waals surface area contributed by atoms with E-state index in [9.17, 15) is 5.26 Å². The molecule has 2 aromatic heterocycles. The maximum absolute atomic E-state index is 9.41. The number of pyridine rings is 1. The molecule has 0 saturated carbocycles. The van der Waals surface area contributed by atoms with Gasteiger partial charge in [0.2, 0.25) is 0 Å². The third-order valence-electron chi connectivity index (χ3n) is 3.38. The highest BCUT2D eigenvalue weighted by Gasteiger charge is 2.12. The van der Waals surface area contributed by atoms with Crippen LogP contribution in [0.4, 0.5) is 0 Å². The van der Waals surface area contributed by atoms with Crippen molar-refractivity contribution in [2.45, 2.75) is 0 Å². The van der Waals surface area contributed by atoms with Gasteiger partial charge in [0, 0.05) is 43.3 Å². The molecule has 0 amide bonds. The fourth-order valence-corrected chi connectivity index (χ4v) is 3.81. The second-order valence-electron chi connectivity index (χ2n) is 4.44. The molecule has 88 valence electrons. The summed E-state index contributed by atoms with van der Waals surface area (Å²) >= 11 is 1.74. The van der Waals surface area contributed by atoms with Crippen LogP contribution in [0.15, 0.2) is 48.8 Å². The average Bonchev–Trinajstić information content (AvgIpc) is 2.86. The van der Waals surface area contributed by atoms with Crippen molar-refractivity contribution in [3.8, 4) is 6.07 Å². The van der Waals surface area contributed by atoms with Gasteiger partial charge in [0.15, 0.2) is 0 Å². The standard InChI is InChI=1S/C16H8N2S/c17-8-10-7-11-9-18-6-5-12(11)16-15(10)13-3-1-2-4-14(13)19-16/h1-7,9H. The molecule has 0 bridgehead atoms. The van der Waals surface area contributed by atoms with E-state index in [-0.39, 0.29) is 0 Å². The van der Waals surface area contributed by atoms with Crippen LogP contribution in [0.25, 0.3) is 30.9 Å². The first-order valence-corrected chi connectivity index (χ1v) is 6.78. The number of rotatable bonds is 0. The summed E-state index contributed by atoms with van der Waals surface area (Å²) in [6.45, 7) is 0. The highest BCUT2D eigenvalue weighted by molar-refractivity contribution is 7.26. The number of aromatic nitrogens is 1. The Bertz CT molecular complexity index is 976. The van der Waals surface area contributed by atoms with Crippen LogP contribution < -0.4 is 0 Å². The fourth-order valence-electron chi connectivity index (χ4n) is 2.55. The van der Waals surface area contributed by atoms with E-state index in [0.717, 1.165) is 21.7 Å². The van der Waals surface area contributed by atoms with Gasteiger partial charge in [-0.05, 0) is 18.2 Å². The van der Waals surface area contributed by atoms with Crippen molar-refractivity contribution in [3.05, 3.63) is 54.4 Å². The van der Waals surface area contributed by atoms with Crippen LogP contribution >= 0.6 is 11.3 Å². The van der Waals surface area contributed by atoms with Gasteiger partial charge in [0.25, 0.3) is 0 Å². The molecule has 2 aromatic carbocycles. The smallest absolute Gasteiger partial charge is 0.0998 e. The zero-order valence-electron chi connectivity index (χ0n) is 9.92. The zero-order chi connectivity index (χ0) is 12.8. The van der Waals surface area contributed by atoms with Crippen LogP contribution in [0.5, 0.6) is 0 Å². The van der Waals surface area contributed by atoms with Gasteiger partial charge >= 0.3 is 0 Å². The molecule has 2 heterocycles. The Morgan fingerprint density at radius 2 is 2.00 bits per heavy atom. The SMILES string of the molecule is N#Cc1cc2cnccc2c2sc3ccccc3c12. The van der Waals surface area contributed by atoms with E-state index in [1.54, 1.807) is 17.5 Å². The Morgan fingerprint density at radius 1 is 1.11 bits per heavy atom. The highest BCUT2D eigenvalue weighted by Crippen LogP contribution is 2.39. The van der Waals surface area contributed by atoms with Gasteiger partial charge < -0.3 is 0 Å². The largest absolute Gasteiger partial charge is 0.264 e. The summed E-state index contributed by atoms with van der Waals surface area (Å²) < 4.78 is 2.40. The van der Waals surface area contributed by atoms with Gasteiger partial charge in [-0.3, -0.25) is 4.98 Å². The maximum atomic E-state index is 9.41. The van der Waals surface area contributed by atoms with Gasteiger partial charge in [-0.15, -0.1) is 11.3 Å². The van der Waals surface area contributed by atoms with E-state index < -0.39 is 0 Å². The lowest BCUT2D eigenvalue weighted by atomic mass is 10.0. The van der Waals surface area contributed by atoms with Crippen molar-refractivity contribution in [3.63, 3.8) is 0 Å². The van der Waals surface area contributed by atoms with Crippen LogP contribution in [0, 0.1) is 11.3 Å². The second kappa shape index (κ2) is 3.78. The summed E-state index contributed by atoms with van der Waals surface area (Å²) in [5.41, 5.74) is 0.730. The molecule has 0 aliphatic carbocycles. The fraction of sp³-hybridized carbons (Fsp3) is 0. The topological polar surface area (TPSA) is 36.7 Å². The molecule has 0 N–H and O–H groups in total. The summed E-state index contributed by atoms with van der Waals surface area (Å²) in [7, 11) is 0. The second-order valence-corrected chi connectivity index (χ2v) is 5.49. The molecule has 2 nitrogen and oxygen atoms in total. The molecule has 0 saturated heterocycles. The number of hydrogen-bond donors (Lipinski definition) is 0. The summed E-state index contributed by atoms with van der Waals surface area (Å²) in [5.74, 6) is 0. The van der Waals surface area contributed by atoms with E-state index in [2.05, 4.69) is 23.2 Å². The highest BCUT2D eigenvalue weighted by atomic mass is 32.1. The average molecular weight is 260 g/mol. The number of fused-ring (bicyclic) bond motifs is 5. The van der Waals surface area contributed by atoms with E-state index >= 15 is 0 Å². The van der Waals surface area contributed by atoms with Gasteiger partial charge in [0.05, 0.1) is 11.6 Å². The Balaban J connectivity index is 2.39. The molecule has 3 heteroatoms. The quantitative estimate of drug-likeness (QED) is 0.467. The van der Waals surface area contributed by atoms with Crippen LogP contribution in [0.2, 0.25) is 0 Å². The van der Waals surface area contributed by atoms with E-state index in [1.807, 2.05) is 30.5 Å². The lowest BCUT2D eigenvalue weighted by Crippen LogP contribution is -1.81. The minimum atomic E-state index is 0.730. The summed E-state index contributed by atoms with van der Waals surface area (Å²) in [6, 6.07) is 14.5. The van der Waals surface area contributed by atoms with Crippen molar-refractivity contribution in [1.29, 1.82) is 5.26 Å². The van der Waals surface area contributed by atoms with E-state index in [0.29, 0.717) is 0 Å². The minimum absolute atomic E-state index is 0.730. The Hall–Kier alpha value is -2.44.